The topological polar surface area (TPSA) is 51.2 Å². The molecule has 0 fully saturated rings. The molecule has 0 aliphatic carbocycles. The van der Waals surface area contributed by atoms with Gasteiger partial charge < -0.3 is 10.1 Å². The molecule has 1 N–H and O–H groups in total. The summed E-state index contributed by atoms with van der Waals surface area (Å²) in [4.78, 5) is 15.4. The second-order valence-corrected chi connectivity index (χ2v) is 5.81. The number of carbonyl (C=O) groups is 1. The van der Waals surface area contributed by atoms with Crippen LogP contribution in [0.3, 0.4) is 0 Å². The molecule has 0 aromatic carbocycles. The molecule has 1 aromatic rings. The van der Waals surface area contributed by atoms with Gasteiger partial charge in [0.05, 0.1) is 10.0 Å². The van der Waals surface area contributed by atoms with Crippen LogP contribution in [-0.4, -0.2) is 23.2 Å². The van der Waals surface area contributed by atoms with Crippen molar-refractivity contribution in [3.8, 4) is 11.8 Å². The summed E-state index contributed by atoms with van der Waals surface area (Å²) in [5.41, 5.74) is -0.0374. The fourth-order valence-electron chi connectivity index (χ4n) is 1.19. The van der Waals surface area contributed by atoms with Crippen LogP contribution in [0.25, 0.3) is 0 Å². The number of amides is 1. The van der Waals surface area contributed by atoms with Crippen molar-refractivity contribution in [1.82, 2.24) is 10.3 Å². The van der Waals surface area contributed by atoms with Gasteiger partial charge in [-0.15, -0.1) is 0 Å². The number of nitrogens with zero attached hydrogens (tertiary/aromatic N) is 1. The average molecular weight is 315 g/mol. The summed E-state index contributed by atoms with van der Waals surface area (Å²) in [5, 5.41) is 3.48. The van der Waals surface area contributed by atoms with Gasteiger partial charge in [-0.2, -0.15) is 0 Å². The highest BCUT2D eigenvalue weighted by Crippen LogP contribution is 2.17. The quantitative estimate of drug-likeness (QED) is 0.669. The van der Waals surface area contributed by atoms with E-state index in [9.17, 15) is 4.79 Å². The molecule has 0 spiro atoms. The predicted octanol–water partition coefficient (Wildman–Crippen LogP) is 3.65. The summed E-state index contributed by atoms with van der Waals surface area (Å²) in [6.45, 7) is 5.81. The van der Waals surface area contributed by atoms with Gasteiger partial charge in [-0.3, -0.25) is 0 Å². The van der Waals surface area contributed by atoms with Crippen LogP contribution in [0.5, 0.6) is 0 Å². The Bertz CT molecular complexity index is 542. The van der Waals surface area contributed by atoms with E-state index < -0.39 is 11.7 Å². The van der Waals surface area contributed by atoms with E-state index >= 15 is 0 Å². The average Bonchev–Trinajstić information content (AvgIpc) is 2.28. The highest BCUT2D eigenvalue weighted by Gasteiger charge is 2.15. The second-order valence-electron chi connectivity index (χ2n) is 4.96. The highest BCUT2D eigenvalue weighted by molar-refractivity contribution is 6.35. The lowest BCUT2D eigenvalue weighted by atomic mass is 10.2. The Kier molecular flexibility index (Phi) is 6.12. The summed E-state index contributed by atoms with van der Waals surface area (Å²) in [6, 6.07) is 1.58. The third kappa shape index (κ3) is 6.65. The van der Waals surface area contributed by atoms with Crippen LogP contribution in [0.2, 0.25) is 10.0 Å². The van der Waals surface area contributed by atoms with Crippen molar-refractivity contribution in [2.75, 3.05) is 6.54 Å². The van der Waals surface area contributed by atoms with E-state index in [2.05, 4.69) is 22.1 Å². The normalized spacial score (nSPS) is 10.4. The number of alkyl carbamates (subject to hydrolysis) is 1. The van der Waals surface area contributed by atoms with Crippen molar-refractivity contribution < 1.29 is 9.53 Å². The van der Waals surface area contributed by atoms with Crippen LogP contribution in [-0.2, 0) is 4.74 Å². The molecule has 0 radical (unpaired) electrons. The number of hydrogen-bond acceptors (Lipinski definition) is 3. The fourth-order valence-corrected chi connectivity index (χ4v) is 1.62. The number of carbonyl (C=O) groups excluding carboxylic acids is 1. The third-order valence-electron chi connectivity index (χ3n) is 1.93. The molecule has 4 nitrogen and oxygen atoms in total. The van der Waals surface area contributed by atoms with E-state index in [-0.39, 0.29) is 0 Å². The molecule has 0 aliphatic heterocycles. The lowest BCUT2D eigenvalue weighted by Gasteiger charge is -2.19. The maximum atomic E-state index is 11.4. The SMILES string of the molecule is CC(C)(C)OC(=O)NCCC#Cc1ncc(Cl)cc1Cl. The van der Waals surface area contributed by atoms with Crippen molar-refractivity contribution in [3.63, 3.8) is 0 Å². The molecule has 0 atom stereocenters. The molecule has 0 aliphatic rings. The van der Waals surface area contributed by atoms with E-state index in [1.165, 1.54) is 6.20 Å². The maximum Gasteiger partial charge on any atom is 0.407 e. The van der Waals surface area contributed by atoms with E-state index in [4.69, 9.17) is 27.9 Å². The van der Waals surface area contributed by atoms with Crippen molar-refractivity contribution >= 4 is 29.3 Å². The molecular weight excluding hydrogens is 299 g/mol. The standard InChI is InChI=1S/C14H16Cl2N2O2/c1-14(2,3)20-13(19)17-7-5-4-6-12-11(16)8-10(15)9-18-12/h8-9H,5,7H2,1-3H3,(H,17,19). The van der Waals surface area contributed by atoms with E-state index in [1.807, 2.05) is 0 Å². The molecule has 20 heavy (non-hydrogen) atoms. The van der Waals surface area contributed by atoms with Gasteiger partial charge in [-0.25, -0.2) is 9.78 Å². The van der Waals surface area contributed by atoms with Crippen LogP contribution in [0, 0.1) is 11.8 Å². The fraction of sp³-hybridized carbons (Fsp3) is 0.429. The van der Waals surface area contributed by atoms with Gasteiger partial charge in [0.1, 0.15) is 11.3 Å². The zero-order chi connectivity index (χ0) is 15.2. The van der Waals surface area contributed by atoms with Crippen LogP contribution in [0.1, 0.15) is 32.9 Å². The zero-order valence-electron chi connectivity index (χ0n) is 11.6. The molecular formula is C14H16Cl2N2O2. The molecule has 0 saturated heterocycles. The van der Waals surface area contributed by atoms with Crippen LogP contribution >= 0.6 is 23.2 Å². The Balaban J connectivity index is 2.38. The minimum atomic E-state index is -0.503. The Morgan fingerprint density at radius 2 is 2.15 bits per heavy atom. The molecule has 108 valence electrons. The molecule has 6 heteroatoms. The smallest absolute Gasteiger partial charge is 0.407 e. The Morgan fingerprint density at radius 1 is 1.45 bits per heavy atom. The van der Waals surface area contributed by atoms with Gasteiger partial charge in [0.15, 0.2) is 0 Å². The number of nitrogens with one attached hydrogen (secondary N) is 1. The first-order chi connectivity index (χ1) is 9.28. The van der Waals surface area contributed by atoms with E-state index in [1.54, 1.807) is 26.8 Å². The highest BCUT2D eigenvalue weighted by atomic mass is 35.5. The first-order valence-corrected chi connectivity index (χ1v) is 6.80. The first kappa shape index (κ1) is 16.6. The summed E-state index contributed by atoms with van der Waals surface area (Å²) in [6.07, 6.45) is 1.50. The van der Waals surface area contributed by atoms with Gasteiger partial charge in [-0.1, -0.05) is 29.1 Å². The van der Waals surface area contributed by atoms with Gasteiger partial charge in [-0.05, 0) is 32.8 Å². The number of ether oxygens (including phenoxy) is 1. The van der Waals surface area contributed by atoms with Crippen molar-refractivity contribution in [2.24, 2.45) is 0 Å². The summed E-state index contributed by atoms with van der Waals surface area (Å²) in [5.74, 6) is 5.69. The van der Waals surface area contributed by atoms with Crippen LogP contribution in [0.4, 0.5) is 4.79 Å². The maximum absolute atomic E-state index is 11.4. The lowest BCUT2D eigenvalue weighted by molar-refractivity contribution is 0.0529. The number of aromatic nitrogens is 1. The number of pyridine rings is 1. The minimum Gasteiger partial charge on any atom is -0.444 e. The third-order valence-corrected chi connectivity index (χ3v) is 2.43. The van der Waals surface area contributed by atoms with Crippen molar-refractivity contribution in [2.45, 2.75) is 32.8 Å². The Labute approximate surface area is 128 Å². The summed E-state index contributed by atoms with van der Waals surface area (Å²) in [7, 11) is 0. The number of hydrogen-bond donors (Lipinski definition) is 1. The Hall–Kier alpha value is -1.44. The molecule has 1 amide bonds. The van der Waals surface area contributed by atoms with Gasteiger partial charge >= 0.3 is 6.09 Å². The molecule has 1 aromatic heterocycles. The summed E-state index contributed by atoms with van der Waals surface area (Å²) >= 11 is 11.7. The second kappa shape index (κ2) is 7.37. The van der Waals surface area contributed by atoms with E-state index in [0.717, 1.165) is 0 Å². The summed E-state index contributed by atoms with van der Waals surface area (Å²) < 4.78 is 5.09. The number of rotatable bonds is 2. The molecule has 1 heterocycles. The van der Waals surface area contributed by atoms with Gasteiger partial charge in [0.2, 0.25) is 0 Å². The largest absolute Gasteiger partial charge is 0.444 e. The van der Waals surface area contributed by atoms with Crippen molar-refractivity contribution in [1.29, 1.82) is 0 Å². The van der Waals surface area contributed by atoms with Crippen molar-refractivity contribution in [3.05, 3.63) is 28.0 Å². The monoisotopic (exact) mass is 314 g/mol. The van der Waals surface area contributed by atoms with E-state index in [0.29, 0.717) is 28.7 Å². The van der Waals surface area contributed by atoms with Gasteiger partial charge in [0.25, 0.3) is 0 Å². The lowest BCUT2D eigenvalue weighted by Crippen LogP contribution is -2.32. The molecule has 0 bridgehead atoms. The minimum absolute atomic E-state index is 0.396. The van der Waals surface area contributed by atoms with Crippen LogP contribution in [0.15, 0.2) is 12.3 Å². The molecule has 0 unspecified atom stereocenters. The molecule has 1 rings (SSSR count). The van der Waals surface area contributed by atoms with Gasteiger partial charge in [0, 0.05) is 19.2 Å². The number of halogens is 2. The first-order valence-electron chi connectivity index (χ1n) is 6.05. The predicted molar refractivity (Wildman–Crippen MR) is 80.0 cm³/mol. The zero-order valence-corrected chi connectivity index (χ0v) is 13.1. The van der Waals surface area contributed by atoms with Crippen LogP contribution < -0.4 is 5.32 Å². The Morgan fingerprint density at radius 3 is 2.75 bits per heavy atom. The molecule has 0 saturated carbocycles.